The number of thiol groups is 1. The van der Waals surface area contributed by atoms with E-state index in [9.17, 15) is 0 Å². The van der Waals surface area contributed by atoms with Gasteiger partial charge < -0.3 is 4.90 Å². The minimum absolute atomic E-state index is 0.306. The van der Waals surface area contributed by atoms with Crippen LogP contribution in [0.5, 0.6) is 0 Å². The third kappa shape index (κ3) is 2.83. The van der Waals surface area contributed by atoms with Crippen molar-refractivity contribution >= 4 is 37.6 Å². The van der Waals surface area contributed by atoms with E-state index < -0.39 is 0 Å². The Kier molecular flexibility index (Phi) is 4.53. The quantitative estimate of drug-likeness (QED) is 0.438. The summed E-state index contributed by atoms with van der Waals surface area (Å²) in [6.07, 6.45) is 4.36. The van der Waals surface area contributed by atoms with Crippen molar-refractivity contribution < 1.29 is 0 Å². The average molecular weight is 254 g/mol. The fraction of sp³-hybridized carbons (Fsp3) is 0.750. The molecule has 1 rings (SSSR count). The molecule has 1 aliphatic rings. The molecule has 0 aromatic rings. The Hall–Kier alpha value is 0.0449. The lowest BCUT2D eigenvalue weighted by Gasteiger charge is -2.21. The monoisotopic (exact) mass is 254 g/mol. The van der Waals surface area contributed by atoms with Gasteiger partial charge in [-0.2, -0.15) is 12.6 Å². The van der Waals surface area contributed by atoms with E-state index in [0.29, 0.717) is 10.6 Å². The minimum atomic E-state index is 0.306. The molecule has 0 aliphatic carbocycles. The Morgan fingerprint density at radius 2 is 2.06 bits per heavy atom. The van der Waals surface area contributed by atoms with E-state index in [1.54, 1.807) is 5.49 Å². The van der Waals surface area contributed by atoms with Crippen molar-refractivity contribution in [2.45, 2.75) is 44.2 Å². The molecule has 1 saturated heterocycles. The van der Waals surface area contributed by atoms with Crippen molar-refractivity contribution in [3.05, 3.63) is 11.8 Å². The van der Waals surface area contributed by atoms with Gasteiger partial charge >= 0.3 is 0 Å². The average Bonchev–Trinajstić information content (AvgIpc) is 2.80. The Bertz CT molecular complexity index is 305. The van der Waals surface area contributed by atoms with Crippen LogP contribution < -0.4 is 0 Å². The van der Waals surface area contributed by atoms with Gasteiger partial charge in [-0.25, -0.2) is 0 Å². The SMILES string of the molecule is CC/C(=C\N(C)C=S)CC1(C)[B]C1(C)CS. The molecule has 1 radical (unpaired) electrons. The molecule has 4 heteroatoms. The maximum Gasteiger partial charge on any atom is 0.126 e. The second-order valence-electron chi connectivity index (χ2n) is 5.23. The third-order valence-electron chi connectivity index (χ3n) is 3.79. The summed E-state index contributed by atoms with van der Waals surface area (Å²) >= 11 is 9.34. The maximum atomic E-state index is 4.90. The highest BCUT2D eigenvalue weighted by Crippen LogP contribution is 2.71. The molecule has 0 amide bonds. The van der Waals surface area contributed by atoms with E-state index >= 15 is 0 Å². The van der Waals surface area contributed by atoms with Crippen LogP contribution in [0.1, 0.15) is 33.6 Å². The second kappa shape index (κ2) is 5.13. The molecule has 0 bridgehead atoms. The van der Waals surface area contributed by atoms with Crippen LogP contribution >= 0.6 is 24.8 Å². The highest BCUT2D eigenvalue weighted by atomic mass is 32.1. The summed E-state index contributed by atoms with van der Waals surface area (Å²) in [5, 5.41) is 0.625. The summed E-state index contributed by atoms with van der Waals surface area (Å²) in [5.74, 6) is 0.934. The van der Waals surface area contributed by atoms with E-state index in [-0.39, 0.29) is 0 Å². The van der Waals surface area contributed by atoms with E-state index in [1.165, 1.54) is 5.57 Å². The first kappa shape index (κ1) is 14.1. The lowest BCUT2D eigenvalue weighted by Crippen LogP contribution is -2.08. The predicted octanol–water partition coefficient (Wildman–Crippen LogP) is 3.56. The molecular formula is C12H21BNS2. The summed E-state index contributed by atoms with van der Waals surface area (Å²) in [7, 11) is 4.41. The van der Waals surface area contributed by atoms with Crippen molar-refractivity contribution in [1.29, 1.82) is 0 Å². The Balaban J connectivity index is 2.66. The predicted molar refractivity (Wildman–Crippen MR) is 80.8 cm³/mol. The molecule has 0 N–H and O–H groups in total. The number of hydrogen-bond donors (Lipinski definition) is 1. The zero-order chi connectivity index (χ0) is 12.4. The van der Waals surface area contributed by atoms with Gasteiger partial charge in [-0.3, -0.25) is 0 Å². The Morgan fingerprint density at radius 1 is 1.44 bits per heavy atom. The molecular weight excluding hydrogens is 233 g/mol. The molecule has 0 saturated carbocycles. The van der Waals surface area contributed by atoms with Crippen LogP contribution in [0.4, 0.5) is 0 Å². The zero-order valence-electron chi connectivity index (χ0n) is 10.7. The molecule has 2 atom stereocenters. The van der Waals surface area contributed by atoms with Crippen molar-refractivity contribution in [1.82, 2.24) is 4.90 Å². The number of hydrogen-bond acceptors (Lipinski definition) is 2. The van der Waals surface area contributed by atoms with Gasteiger partial charge in [0.05, 0.1) is 5.49 Å². The number of rotatable bonds is 6. The van der Waals surface area contributed by atoms with Crippen LogP contribution in [-0.4, -0.2) is 30.5 Å². The molecule has 0 aromatic carbocycles. The van der Waals surface area contributed by atoms with Crippen LogP contribution in [0.25, 0.3) is 0 Å². The molecule has 16 heavy (non-hydrogen) atoms. The Morgan fingerprint density at radius 3 is 2.44 bits per heavy atom. The van der Waals surface area contributed by atoms with Crippen molar-refractivity contribution in [2.75, 3.05) is 12.8 Å². The number of thiocarbonyl (C=S) groups is 1. The first-order valence-electron chi connectivity index (χ1n) is 5.75. The molecule has 1 aliphatic heterocycles. The molecule has 1 fully saturated rings. The first-order valence-corrected chi connectivity index (χ1v) is 6.86. The molecule has 1 nitrogen and oxygen atoms in total. The van der Waals surface area contributed by atoms with Gasteiger partial charge in [-0.05, 0) is 18.6 Å². The van der Waals surface area contributed by atoms with E-state index in [1.807, 2.05) is 11.9 Å². The molecule has 0 spiro atoms. The van der Waals surface area contributed by atoms with E-state index in [2.05, 4.69) is 46.9 Å². The lowest BCUT2D eigenvalue weighted by molar-refractivity contribution is 0.567. The molecule has 0 aromatic heterocycles. The van der Waals surface area contributed by atoms with Crippen LogP contribution in [0.2, 0.25) is 10.6 Å². The van der Waals surface area contributed by atoms with Crippen molar-refractivity contribution in [3.8, 4) is 0 Å². The van der Waals surface area contributed by atoms with Crippen LogP contribution in [-0.2, 0) is 0 Å². The zero-order valence-corrected chi connectivity index (χ0v) is 12.4. The summed E-state index contributed by atoms with van der Waals surface area (Å²) in [6, 6.07) is 0. The van der Waals surface area contributed by atoms with Gasteiger partial charge in [0.15, 0.2) is 0 Å². The van der Waals surface area contributed by atoms with Gasteiger partial charge in [-0.1, -0.05) is 49.2 Å². The summed E-state index contributed by atoms with van der Waals surface area (Å²) < 4.78 is 0. The van der Waals surface area contributed by atoms with Crippen LogP contribution in [0, 0.1) is 0 Å². The van der Waals surface area contributed by atoms with Gasteiger partial charge in [0.1, 0.15) is 7.28 Å². The van der Waals surface area contributed by atoms with Crippen molar-refractivity contribution in [2.24, 2.45) is 0 Å². The lowest BCUT2D eigenvalue weighted by atomic mass is 9.83. The maximum absolute atomic E-state index is 4.90. The van der Waals surface area contributed by atoms with Gasteiger partial charge in [0.25, 0.3) is 0 Å². The largest absolute Gasteiger partial charge is 0.348 e. The summed E-state index contributed by atoms with van der Waals surface area (Å²) in [6.45, 7) is 6.81. The highest BCUT2D eigenvalue weighted by Gasteiger charge is 2.60. The first-order chi connectivity index (χ1) is 7.40. The second-order valence-corrected chi connectivity index (χ2v) is 5.75. The fourth-order valence-electron chi connectivity index (χ4n) is 2.20. The molecule has 1 heterocycles. The standard InChI is InChI=1S/C12H21BNS2/c1-5-10(7-14(4)9-16)6-11(2)12(3,8-15)13-11/h7,9,15H,5-6,8H2,1-4H3/b10-7+. The molecule has 2 unspecified atom stereocenters. The molecule has 89 valence electrons. The normalized spacial score (nSPS) is 33.2. The van der Waals surface area contributed by atoms with Crippen LogP contribution in [0.3, 0.4) is 0 Å². The third-order valence-corrected chi connectivity index (χ3v) is 4.78. The van der Waals surface area contributed by atoms with Gasteiger partial charge in [-0.15, -0.1) is 0 Å². The summed E-state index contributed by atoms with van der Waals surface area (Å²) in [5.41, 5.74) is 3.12. The van der Waals surface area contributed by atoms with Crippen molar-refractivity contribution in [3.63, 3.8) is 0 Å². The Labute approximate surface area is 111 Å². The topological polar surface area (TPSA) is 3.24 Å². The van der Waals surface area contributed by atoms with E-state index in [4.69, 9.17) is 12.2 Å². The van der Waals surface area contributed by atoms with E-state index in [0.717, 1.165) is 18.6 Å². The smallest absolute Gasteiger partial charge is 0.126 e. The fourth-order valence-corrected chi connectivity index (χ4v) is 2.71. The highest BCUT2D eigenvalue weighted by molar-refractivity contribution is 7.80. The number of allylic oxidation sites excluding steroid dienone is 1. The van der Waals surface area contributed by atoms with Crippen LogP contribution in [0.15, 0.2) is 11.8 Å². The minimum Gasteiger partial charge on any atom is -0.348 e. The summed E-state index contributed by atoms with van der Waals surface area (Å²) in [4.78, 5) is 1.96. The van der Waals surface area contributed by atoms with Gasteiger partial charge in [0, 0.05) is 13.2 Å². The van der Waals surface area contributed by atoms with Gasteiger partial charge in [0.2, 0.25) is 0 Å². The number of nitrogens with zero attached hydrogens (tertiary/aromatic N) is 1.